The van der Waals surface area contributed by atoms with E-state index in [9.17, 15) is 0 Å². The monoisotopic (exact) mass is 317 g/mol. The van der Waals surface area contributed by atoms with Crippen molar-refractivity contribution in [3.8, 4) is 0 Å². The van der Waals surface area contributed by atoms with E-state index >= 15 is 0 Å². The molecule has 1 atom stereocenters. The van der Waals surface area contributed by atoms with Crippen molar-refractivity contribution >= 4 is 27.7 Å². The van der Waals surface area contributed by atoms with Gasteiger partial charge < -0.3 is 10.1 Å². The zero-order chi connectivity index (χ0) is 12.5. The van der Waals surface area contributed by atoms with Crippen LogP contribution in [0.15, 0.2) is 33.6 Å². The van der Waals surface area contributed by atoms with Crippen LogP contribution in [-0.4, -0.2) is 32.6 Å². The first-order chi connectivity index (χ1) is 8.27. The van der Waals surface area contributed by atoms with Gasteiger partial charge in [-0.25, -0.2) is 0 Å². The standard InChI is InChI=1S/C13H20BrNOS/c1-15-11(6-5-9-16-2)10-17-13-8-4-3-7-12(13)14/h3-4,7-8,11,15H,5-6,9-10H2,1-2H3. The van der Waals surface area contributed by atoms with Crippen molar-refractivity contribution in [1.82, 2.24) is 5.32 Å². The predicted molar refractivity (Wildman–Crippen MR) is 78.8 cm³/mol. The largest absolute Gasteiger partial charge is 0.385 e. The van der Waals surface area contributed by atoms with E-state index in [2.05, 4.69) is 39.4 Å². The van der Waals surface area contributed by atoms with Gasteiger partial charge in [0.15, 0.2) is 0 Å². The van der Waals surface area contributed by atoms with E-state index in [0.717, 1.165) is 25.2 Å². The molecule has 0 amide bonds. The Morgan fingerprint density at radius 2 is 2.18 bits per heavy atom. The average molecular weight is 318 g/mol. The third kappa shape index (κ3) is 5.91. The van der Waals surface area contributed by atoms with E-state index in [1.807, 2.05) is 24.9 Å². The van der Waals surface area contributed by atoms with Gasteiger partial charge in [-0.15, -0.1) is 11.8 Å². The minimum atomic E-state index is 0.544. The molecule has 0 aromatic heterocycles. The lowest BCUT2D eigenvalue weighted by Crippen LogP contribution is -2.27. The van der Waals surface area contributed by atoms with Crippen molar-refractivity contribution < 1.29 is 4.74 Å². The highest BCUT2D eigenvalue weighted by Crippen LogP contribution is 2.27. The lowest BCUT2D eigenvalue weighted by atomic mass is 10.2. The third-order valence-electron chi connectivity index (χ3n) is 2.59. The molecule has 4 heteroatoms. The molecule has 1 aromatic carbocycles. The van der Waals surface area contributed by atoms with Gasteiger partial charge in [0.1, 0.15) is 0 Å². The summed E-state index contributed by atoms with van der Waals surface area (Å²) in [5.41, 5.74) is 0. The minimum absolute atomic E-state index is 0.544. The molecule has 0 aliphatic carbocycles. The fourth-order valence-corrected chi connectivity index (χ4v) is 3.26. The normalized spacial score (nSPS) is 12.6. The molecule has 1 aromatic rings. The number of rotatable bonds is 8. The Hall–Kier alpha value is -0.0300. The number of hydrogen-bond donors (Lipinski definition) is 1. The van der Waals surface area contributed by atoms with Crippen molar-refractivity contribution in [2.75, 3.05) is 26.5 Å². The van der Waals surface area contributed by atoms with Crippen LogP contribution in [0.1, 0.15) is 12.8 Å². The lowest BCUT2D eigenvalue weighted by molar-refractivity contribution is 0.190. The van der Waals surface area contributed by atoms with E-state index in [1.165, 1.54) is 9.37 Å². The molecule has 1 N–H and O–H groups in total. The molecule has 0 fully saturated rings. The van der Waals surface area contributed by atoms with Crippen LogP contribution >= 0.6 is 27.7 Å². The molecule has 0 heterocycles. The summed E-state index contributed by atoms with van der Waals surface area (Å²) in [4.78, 5) is 1.31. The highest BCUT2D eigenvalue weighted by Gasteiger charge is 2.07. The molecular weight excluding hydrogens is 298 g/mol. The second-order valence-electron chi connectivity index (χ2n) is 3.86. The molecule has 0 aliphatic heterocycles. The van der Waals surface area contributed by atoms with Gasteiger partial charge in [0.05, 0.1) is 0 Å². The molecule has 2 nitrogen and oxygen atoms in total. The summed E-state index contributed by atoms with van der Waals surface area (Å²) in [7, 11) is 3.78. The Balaban J connectivity index is 2.34. The van der Waals surface area contributed by atoms with Gasteiger partial charge in [0.2, 0.25) is 0 Å². The summed E-state index contributed by atoms with van der Waals surface area (Å²) in [6, 6.07) is 8.90. The maximum atomic E-state index is 5.08. The van der Waals surface area contributed by atoms with Crippen LogP contribution in [0.25, 0.3) is 0 Å². The third-order valence-corrected chi connectivity index (χ3v) is 4.78. The number of methoxy groups -OCH3 is 1. The van der Waals surface area contributed by atoms with Crippen molar-refractivity contribution in [3.63, 3.8) is 0 Å². The SMILES string of the molecule is CNC(CCCOC)CSc1ccccc1Br. The molecule has 0 spiro atoms. The van der Waals surface area contributed by atoms with Crippen LogP contribution in [0.5, 0.6) is 0 Å². The van der Waals surface area contributed by atoms with E-state index in [1.54, 1.807) is 7.11 Å². The van der Waals surface area contributed by atoms with Gasteiger partial charge in [-0.1, -0.05) is 12.1 Å². The van der Waals surface area contributed by atoms with Gasteiger partial charge in [0.25, 0.3) is 0 Å². The zero-order valence-electron chi connectivity index (χ0n) is 10.4. The first-order valence-corrected chi connectivity index (χ1v) is 7.59. The minimum Gasteiger partial charge on any atom is -0.385 e. The summed E-state index contributed by atoms with van der Waals surface area (Å²) >= 11 is 5.46. The Bertz CT molecular complexity index is 322. The average Bonchev–Trinajstić information content (AvgIpc) is 2.35. The molecule has 1 rings (SSSR count). The molecule has 0 saturated heterocycles. The van der Waals surface area contributed by atoms with E-state index in [0.29, 0.717) is 6.04 Å². The number of ether oxygens (including phenoxy) is 1. The molecular formula is C13H20BrNOS. The van der Waals surface area contributed by atoms with Crippen molar-refractivity contribution in [2.24, 2.45) is 0 Å². The molecule has 0 bridgehead atoms. The van der Waals surface area contributed by atoms with Crippen molar-refractivity contribution in [3.05, 3.63) is 28.7 Å². The maximum Gasteiger partial charge on any atom is 0.0462 e. The van der Waals surface area contributed by atoms with Crippen LogP contribution in [0.2, 0.25) is 0 Å². The van der Waals surface area contributed by atoms with E-state index in [4.69, 9.17) is 4.74 Å². The highest BCUT2D eigenvalue weighted by atomic mass is 79.9. The molecule has 0 aliphatic rings. The molecule has 0 radical (unpaired) electrons. The summed E-state index contributed by atoms with van der Waals surface area (Å²) in [5.74, 6) is 1.09. The predicted octanol–water partition coefficient (Wildman–Crippen LogP) is 3.56. The molecule has 96 valence electrons. The topological polar surface area (TPSA) is 21.3 Å². The van der Waals surface area contributed by atoms with Crippen molar-refractivity contribution in [2.45, 2.75) is 23.8 Å². The van der Waals surface area contributed by atoms with E-state index < -0.39 is 0 Å². The van der Waals surface area contributed by atoms with Crippen LogP contribution in [0.4, 0.5) is 0 Å². The zero-order valence-corrected chi connectivity index (χ0v) is 12.8. The second kappa shape index (κ2) is 8.97. The number of halogens is 1. The van der Waals surface area contributed by atoms with Crippen LogP contribution in [0.3, 0.4) is 0 Å². The van der Waals surface area contributed by atoms with Gasteiger partial charge >= 0.3 is 0 Å². The van der Waals surface area contributed by atoms with Gasteiger partial charge in [0, 0.05) is 34.9 Å². The summed E-state index contributed by atoms with van der Waals surface area (Å²) in [6.07, 6.45) is 2.26. The smallest absolute Gasteiger partial charge is 0.0462 e. The number of thioether (sulfide) groups is 1. The number of nitrogens with one attached hydrogen (secondary N) is 1. The summed E-state index contributed by atoms with van der Waals surface area (Å²) in [6.45, 7) is 0.845. The van der Waals surface area contributed by atoms with Crippen LogP contribution in [-0.2, 0) is 4.74 Å². The summed E-state index contributed by atoms with van der Waals surface area (Å²) in [5, 5.41) is 3.36. The Kier molecular flexibility index (Phi) is 7.93. The van der Waals surface area contributed by atoms with Gasteiger partial charge in [-0.2, -0.15) is 0 Å². The Morgan fingerprint density at radius 3 is 2.82 bits per heavy atom. The highest BCUT2D eigenvalue weighted by molar-refractivity contribution is 9.10. The lowest BCUT2D eigenvalue weighted by Gasteiger charge is -2.15. The Labute approximate surface area is 117 Å². The van der Waals surface area contributed by atoms with Gasteiger partial charge in [-0.05, 0) is 48.0 Å². The second-order valence-corrected chi connectivity index (χ2v) is 5.78. The Morgan fingerprint density at radius 1 is 1.41 bits per heavy atom. The fraction of sp³-hybridized carbons (Fsp3) is 0.538. The molecule has 17 heavy (non-hydrogen) atoms. The quantitative estimate of drug-likeness (QED) is 0.585. The fourth-order valence-electron chi connectivity index (χ4n) is 1.54. The van der Waals surface area contributed by atoms with Crippen molar-refractivity contribution in [1.29, 1.82) is 0 Å². The van der Waals surface area contributed by atoms with Crippen LogP contribution < -0.4 is 5.32 Å². The first-order valence-electron chi connectivity index (χ1n) is 5.81. The van der Waals surface area contributed by atoms with Crippen LogP contribution in [0, 0.1) is 0 Å². The molecule has 0 saturated carbocycles. The van der Waals surface area contributed by atoms with E-state index in [-0.39, 0.29) is 0 Å². The first kappa shape index (κ1) is 15.0. The summed E-state index contributed by atoms with van der Waals surface area (Å²) < 4.78 is 6.25. The number of hydrogen-bond acceptors (Lipinski definition) is 3. The number of benzene rings is 1. The maximum absolute atomic E-state index is 5.08. The molecule has 1 unspecified atom stereocenters. The van der Waals surface area contributed by atoms with Gasteiger partial charge in [-0.3, -0.25) is 0 Å².